The van der Waals surface area contributed by atoms with Crippen molar-refractivity contribution in [2.24, 2.45) is 0 Å². The van der Waals surface area contributed by atoms with Crippen LogP contribution in [0.2, 0.25) is 0 Å². The zero-order chi connectivity index (χ0) is 35.1. The summed E-state index contributed by atoms with van der Waals surface area (Å²) in [5.74, 6) is 0.697. The minimum absolute atomic E-state index is 0.697. The molecule has 0 fully saturated rings. The van der Waals surface area contributed by atoms with E-state index >= 15 is 0 Å². The zero-order valence-corrected chi connectivity index (χ0v) is 28.4. The normalized spacial score (nSPS) is 11.4. The van der Waals surface area contributed by atoms with Crippen LogP contribution in [0, 0.1) is 0 Å². The van der Waals surface area contributed by atoms with Gasteiger partial charge in [0.25, 0.3) is 0 Å². The van der Waals surface area contributed by atoms with Gasteiger partial charge in [0.15, 0.2) is 5.82 Å². The van der Waals surface area contributed by atoms with Crippen molar-refractivity contribution in [1.82, 2.24) is 25.3 Å². The lowest BCUT2D eigenvalue weighted by Crippen LogP contribution is -1.95. The van der Waals surface area contributed by atoms with Crippen LogP contribution in [0.15, 0.2) is 181 Å². The van der Waals surface area contributed by atoms with Gasteiger partial charge in [0.05, 0.1) is 22.6 Å². The summed E-state index contributed by atoms with van der Waals surface area (Å²) in [6.07, 6.45) is 0. The molecule has 0 aliphatic carbocycles. The molecule has 0 aliphatic heterocycles. The second-order valence-corrected chi connectivity index (χ2v) is 13.0. The predicted octanol–water partition coefficient (Wildman–Crippen LogP) is 11.7. The van der Waals surface area contributed by atoms with Crippen LogP contribution >= 0.6 is 0 Å². The summed E-state index contributed by atoms with van der Waals surface area (Å²) < 4.78 is 5.38. The molecule has 3 aromatic heterocycles. The lowest BCUT2D eigenvalue weighted by molar-refractivity contribution is 0.316. The third-order valence-electron chi connectivity index (χ3n) is 9.76. The van der Waals surface area contributed by atoms with E-state index in [2.05, 4.69) is 101 Å². The minimum atomic E-state index is 0.697. The summed E-state index contributed by atoms with van der Waals surface area (Å²) in [5, 5.41) is 11.8. The van der Waals surface area contributed by atoms with Crippen LogP contribution in [-0.4, -0.2) is 25.3 Å². The van der Waals surface area contributed by atoms with E-state index in [1.807, 2.05) is 84.9 Å². The Morgan fingerprint density at radius 2 is 0.925 bits per heavy atom. The summed E-state index contributed by atoms with van der Waals surface area (Å²) in [6, 6.07) is 60.2. The predicted molar refractivity (Wildman–Crippen MR) is 213 cm³/mol. The maximum atomic E-state index is 5.38. The van der Waals surface area contributed by atoms with Crippen LogP contribution in [-0.2, 0) is 0 Å². The van der Waals surface area contributed by atoms with Gasteiger partial charge >= 0.3 is 0 Å². The second-order valence-electron chi connectivity index (χ2n) is 13.0. The Morgan fingerprint density at radius 1 is 0.358 bits per heavy atom. The number of nitrogens with zero attached hydrogens (tertiary/aromatic N) is 5. The van der Waals surface area contributed by atoms with Crippen LogP contribution in [0.3, 0.4) is 0 Å². The topological polar surface area (TPSA) is 77.6 Å². The largest absolute Gasteiger partial charge is 0.247 e. The van der Waals surface area contributed by atoms with Crippen LogP contribution in [0.25, 0.3) is 100 Å². The summed E-state index contributed by atoms with van der Waals surface area (Å²) in [7, 11) is 0. The highest BCUT2D eigenvalue weighted by Crippen LogP contribution is 2.41. The number of hydrogen-bond donors (Lipinski definition) is 0. The molecule has 7 aromatic carbocycles. The average Bonchev–Trinajstić information content (AvgIpc) is 3.74. The Bertz CT molecular complexity index is 2870. The Kier molecular flexibility index (Phi) is 7.36. The first-order valence-corrected chi connectivity index (χ1v) is 17.5. The molecule has 0 saturated carbocycles. The molecule has 10 aromatic rings. The monoisotopic (exact) mass is 679 g/mol. The van der Waals surface area contributed by atoms with E-state index in [0.29, 0.717) is 5.82 Å². The fourth-order valence-electron chi connectivity index (χ4n) is 7.17. The van der Waals surface area contributed by atoms with E-state index in [1.165, 1.54) is 0 Å². The van der Waals surface area contributed by atoms with E-state index in [1.54, 1.807) is 0 Å². The van der Waals surface area contributed by atoms with Gasteiger partial charge in [-0.05, 0) is 51.3 Å². The fraction of sp³-hybridized carbons (Fsp3) is 0. The standard InChI is InChI=1S/C47H29N5O/c1-4-13-31(14-5-1)38-28-39-43(46-45(38)51-53-52-46)37-21-10-11-22-40(37)48-44(39)36-20-12-19-35(27-36)30-23-25-33(26-24-30)42-29-41(32-15-6-2-7-16-32)49-47(50-42)34-17-8-3-9-18-34/h1-29H. The van der Waals surface area contributed by atoms with Crippen LogP contribution in [0.4, 0.5) is 0 Å². The first-order chi connectivity index (χ1) is 26.3. The van der Waals surface area contributed by atoms with Crippen molar-refractivity contribution in [2.45, 2.75) is 0 Å². The van der Waals surface area contributed by atoms with Crippen molar-refractivity contribution in [2.75, 3.05) is 0 Å². The van der Waals surface area contributed by atoms with Gasteiger partial charge in [-0.15, -0.1) is 0 Å². The molecular weight excluding hydrogens is 651 g/mol. The molecule has 0 spiro atoms. The van der Waals surface area contributed by atoms with Crippen LogP contribution in [0.1, 0.15) is 0 Å². The van der Waals surface area contributed by atoms with Gasteiger partial charge in [0.2, 0.25) is 0 Å². The first kappa shape index (κ1) is 30.5. The van der Waals surface area contributed by atoms with Gasteiger partial charge in [0, 0.05) is 44.0 Å². The number of hydrogen-bond acceptors (Lipinski definition) is 6. The van der Waals surface area contributed by atoms with Crippen molar-refractivity contribution in [3.05, 3.63) is 176 Å². The molecule has 0 radical (unpaired) electrons. The molecule has 6 heteroatoms. The first-order valence-electron chi connectivity index (χ1n) is 17.5. The van der Waals surface area contributed by atoms with Gasteiger partial charge in [-0.3, -0.25) is 0 Å². The van der Waals surface area contributed by atoms with E-state index in [0.717, 1.165) is 94.3 Å². The van der Waals surface area contributed by atoms with Crippen molar-refractivity contribution in [3.63, 3.8) is 0 Å². The third-order valence-corrected chi connectivity index (χ3v) is 9.76. The molecular formula is C47H29N5O. The maximum absolute atomic E-state index is 5.38. The van der Waals surface area contributed by atoms with E-state index < -0.39 is 0 Å². The fourth-order valence-corrected chi connectivity index (χ4v) is 7.17. The zero-order valence-electron chi connectivity index (χ0n) is 28.4. The molecule has 0 aliphatic rings. The van der Waals surface area contributed by atoms with Gasteiger partial charge in [-0.25, -0.2) is 19.6 Å². The molecule has 53 heavy (non-hydrogen) atoms. The summed E-state index contributed by atoms with van der Waals surface area (Å²) in [6.45, 7) is 0. The van der Waals surface area contributed by atoms with Crippen LogP contribution in [0.5, 0.6) is 0 Å². The highest BCUT2D eigenvalue weighted by atomic mass is 16.6. The molecule has 0 saturated heterocycles. The van der Waals surface area contributed by atoms with Gasteiger partial charge in [0.1, 0.15) is 11.0 Å². The number of fused-ring (bicyclic) bond motifs is 5. The number of pyridine rings is 1. The van der Waals surface area contributed by atoms with Gasteiger partial charge < -0.3 is 0 Å². The molecule has 10 rings (SSSR count). The molecule has 3 heterocycles. The van der Waals surface area contributed by atoms with E-state index in [-0.39, 0.29) is 0 Å². The Hall–Kier alpha value is -7.31. The molecule has 0 atom stereocenters. The quantitative estimate of drug-likeness (QED) is 0.163. The molecule has 6 nitrogen and oxygen atoms in total. The average molecular weight is 680 g/mol. The van der Waals surface area contributed by atoms with E-state index in [9.17, 15) is 0 Å². The smallest absolute Gasteiger partial charge is 0.160 e. The lowest BCUT2D eigenvalue weighted by atomic mass is 9.93. The number of para-hydroxylation sites is 1. The SMILES string of the molecule is c1ccc(-c2cc(-c3ccc(-c4cccc(-c5nc6ccccc6c6c5cc(-c5ccccc5)c5nonc56)c4)cc3)nc(-c3ccccc3)n2)cc1. The van der Waals surface area contributed by atoms with Crippen molar-refractivity contribution < 1.29 is 4.63 Å². The molecule has 0 amide bonds. The summed E-state index contributed by atoms with van der Waals surface area (Å²) in [5.41, 5.74) is 13.2. The maximum Gasteiger partial charge on any atom is 0.160 e. The van der Waals surface area contributed by atoms with Crippen molar-refractivity contribution in [3.8, 4) is 67.4 Å². The third kappa shape index (κ3) is 5.50. The Balaban J connectivity index is 1.09. The summed E-state index contributed by atoms with van der Waals surface area (Å²) in [4.78, 5) is 15.2. The number of benzene rings is 7. The molecule has 0 bridgehead atoms. The Morgan fingerprint density at radius 3 is 1.66 bits per heavy atom. The van der Waals surface area contributed by atoms with Gasteiger partial charge in [-0.1, -0.05) is 152 Å². The molecule has 0 N–H and O–H groups in total. The number of rotatable bonds is 6. The van der Waals surface area contributed by atoms with Crippen molar-refractivity contribution >= 4 is 32.7 Å². The summed E-state index contributed by atoms with van der Waals surface area (Å²) >= 11 is 0. The second kappa shape index (κ2) is 12.8. The Labute approximate surface area is 305 Å². The minimum Gasteiger partial charge on any atom is -0.247 e. The van der Waals surface area contributed by atoms with Crippen molar-refractivity contribution in [1.29, 1.82) is 0 Å². The van der Waals surface area contributed by atoms with E-state index in [4.69, 9.17) is 19.6 Å². The molecule has 0 unspecified atom stereocenters. The highest BCUT2D eigenvalue weighted by molar-refractivity contribution is 6.23. The molecule has 248 valence electrons. The van der Waals surface area contributed by atoms with Crippen LogP contribution < -0.4 is 0 Å². The van der Waals surface area contributed by atoms with Gasteiger partial charge in [-0.2, -0.15) is 0 Å². The lowest BCUT2D eigenvalue weighted by Gasteiger charge is -2.13. The number of aromatic nitrogens is 5. The highest BCUT2D eigenvalue weighted by Gasteiger charge is 2.20.